The number of carbonyl (C=O) groups is 1. The van der Waals surface area contributed by atoms with E-state index in [1.807, 2.05) is 0 Å². The molecule has 0 aliphatic rings. The number of carboxylic acid groups (broad SMARTS) is 2. The fraction of sp³-hybridized carbons (Fsp3) is 0. The minimum absolute atomic E-state index is 0. The van der Waals surface area contributed by atoms with Crippen molar-refractivity contribution in [2.45, 2.75) is 0 Å². The minimum atomic E-state index is -1.83. The number of hydrogen-bond donors (Lipinski definition) is 2. The SMILES string of the molecule is O=C(O)O.[Cu].[H-].[K+]. The summed E-state index contributed by atoms with van der Waals surface area (Å²) in [6.07, 6.45) is -1.83. The molecule has 0 atom stereocenters. The van der Waals surface area contributed by atoms with Crippen molar-refractivity contribution in [1.82, 2.24) is 0 Å². The first-order valence-electron chi connectivity index (χ1n) is 0.651. The Morgan fingerprint density at radius 1 is 1.50 bits per heavy atom. The first-order chi connectivity index (χ1) is 1.73. The van der Waals surface area contributed by atoms with Gasteiger partial charge in [0.05, 0.1) is 0 Å². The number of rotatable bonds is 0. The molecular weight excluding hydrogens is 163 g/mol. The van der Waals surface area contributed by atoms with Crippen LogP contribution < -0.4 is 51.4 Å². The van der Waals surface area contributed by atoms with Gasteiger partial charge in [0.25, 0.3) is 0 Å². The summed E-state index contributed by atoms with van der Waals surface area (Å²) in [6, 6.07) is 0. The van der Waals surface area contributed by atoms with Crippen LogP contribution in [-0.4, -0.2) is 16.4 Å². The van der Waals surface area contributed by atoms with E-state index in [2.05, 4.69) is 0 Å². The van der Waals surface area contributed by atoms with Crippen molar-refractivity contribution in [3.05, 3.63) is 0 Å². The molecule has 0 heterocycles. The largest absolute Gasteiger partial charge is 1.00 e. The first kappa shape index (κ1) is 15.7. The molecule has 0 rings (SSSR count). The van der Waals surface area contributed by atoms with Gasteiger partial charge in [0.15, 0.2) is 0 Å². The smallest absolute Gasteiger partial charge is 1.00 e. The van der Waals surface area contributed by atoms with Gasteiger partial charge in [-0.1, -0.05) is 0 Å². The molecule has 0 aromatic carbocycles. The zero-order valence-corrected chi connectivity index (χ0v) is 7.17. The van der Waals surface area contributed by atoms with E-state index in [1.54, 1.807) is 0 Å². The molecule has 3 nitrogen and oxygen atoms in total. The van der Waals surface area contributed by atoms with E-state index in [1.165, 1.54) is 0 Å². The summed E-state index contributed by atoms with van der Waals surface area (Å²) in [6.45, 7) is 0. The van der Waals surface area contributed by atoms with Crippen LogP contribution in [0.4, 0.5) is 4.79 Å². The van der Waals surface area contributed by atoms with Crippen LogP contribution in [-0.2, 0) is 17.1 Å². The van der Waals surface area contributed by atoms with E-state index in [-0.39, 0.29) is 69.9 Å². The molecule has 0 spiro atoms. The molecule has 0 bridgehead atoms. The minimum Gasteiger partial charge on any atom is -1.00 e. The van der Waals surface area contributed by atoms with Gasteiger partial charge in [-0.2, -0.15) is 0 Å². The molecule has 5 heteroatoms. The Hall–Kier alpha value is 1.43. The topological polar surface area (TPSA) is 57.5 Å². The van der Waals surface area contributed by atoms with Crippen LogP contribution in [0.2, 0.25) is 0 Å². The Morgan fingerprint density at radius 2 is 1.50 bits per heavy atom. The predicted molar refractivity (Wildman–Crippen MR) is 11.8 cm³/mol. The Kier molecular flexibility index (Phi) is 25.2. The maximum Gasteiger partial charge on any atom is 1.00 e. The Balaban J connectivity index is -0.0000000150. The molecule has 0 amide bonds. The second kappa shape index (κ2) is 9.66. The molecule has 0 aromatic rings. The van der Waals surface area contributed by atoms with E-state index < -0.39 is 6.16 Å². The Labute approximate surface area is 89.5 Å². The van der Waals surface area contributed by atoms with Crippen molar-refractivity contribution in [1.29, 1.82) is 0 Å². The second-order valence-electron chi connectivity index (χ2n) is 0.283. The predicted octanol–water partition coefficient (Wildman–Crippen LogP) is -2.66. The summed E-state index contributed by atoms with van der Waals surface area (Å²) < 4.78 is 0. The van der Waals surface area contributed by atoms with Crippen molar-refractivity contribution in [2.24, 2.45) is 0 Å². The van der Waals surface area contributed by atoms with Gasteiger partial charge in [0.2, 0.25) is 0 Å². The van der Waals surface area contributed by atoms with Crippen LogP contribution in [0.15, 0.2) is 0 Å². The summed E-state index contributed by atoms with van der Waals surface area (Å²) in [4.78, 5) is 8.56. The zero-order chi connectivity index (χ0) is 3.58. The van der Waals surface area contributed by atoms with Crippen LogP contribution in [0.25, 0.3) is 0 Å². The molecule has 0 aromatic heterocycles. The van der Waals surface area contributed by atoms with Crippen molar-refractivity contribution in [3.8, 4) is 0 Å². The summed E-state index contributed by atoms with van der Waals surface area (Å²) in [5, 5.41) is 13.9. The summed E-state index contributed by atoms with van der Waals surface area (Å²) in [5.74, 6) is 0. The average Bonchev–Trinajstić information content (AvgIpc) is 0.811. The van der Waals surface area contributed by atoms with E-state index in [4.69, 9.17) is 15.0 Å². The van der Waals surface area contributed by atoms with Crippen molar-refractivity contribution in [2.75, 3.05) is 0 Å². The molecule has 0 fully saturated rings. The third-order valence-corrected chi connectivity index (χ3v) is 0. The first-order valence-corrected chi connectivity index (χ1v) is 0.651. The van der Waals surface area contributed by atoms with Crippen molar-refractivity contribution >= 4 is 6.16 Å². The molecule has 2 N–H and O–H groups in total. The second-order valence-corrected chi connectivity index (χ2v) is 0.283. The third-order valence-electron chi connectivity index (χ3n) is 0. The molecule has 0 saturated carbocycles. The molecule has 6 heavy (non-hydrogen) atoms. The molecule has 0 unspecified atom stereocenters. The van der Waals surface area contributed by atoms with Gasteiger partial charge in [0, 0.05) is 17.1 Å². The van der Waals surface area contributed by atoms with Crippen molar-refractivity contribution < 1.29 is 84.9 Å². The number of hydrogen-bond acceptors (Lipinski definition) is 1. The normalized spacial score (nSPS) is 4.00. The average molecular weight is 166 g/mol. The van der Waals surface area contributed by atoms with Crippen LogP contribution in [0, 0.1) is 0 Å². The van der Waals surface area contributed by atoms with E-state index in [9.17, 15) is 0 Å². The third kappa shape index (κ3) is 52.3. The zero-order valence-electron chi connectivity index (χ0n) is 4.10. The molecule has 0 aliphatic heterocycles. The molecular formula is CH3CuKO3. The Bertz CT molecular complexity index is 37.9. The maximum absolute atomic E-state index is 8.56. The van der Waals surface area contributed by atoms with Crippen LogP contribution >= 0.6 is 0 Å². The van der Waals surface area contributed by atoms with Gasteiger partial charge in [0.1, 0.15) is 0 Å². The molecule has 1 radical (unpaired) electrons. The maximum atomic E-state index is 8.56. The van der Waals surface area contributed by atoms with Gasteiger partial charge in [-0.3, -0.25) is 0 Å². The van der Waals surface area contributed by atoms with Crippen LogP contribution in [0.5, 0.6) is 0 Å². The summed E-state index contributed by atoms with van der Waals surface area (Å²) in [5.41, 5.74) is 0. The Morgan fingerprint density at radius 3 is 1.50 bits per heavy atom. The van der Waals surface area contributed by atoms with E-state index >= 15 is 0 Å². The van der Waals surface area contributed by atoms with E-state index in [0.717, 1.165) is 0 Å². The fourth-order valence-corrected chi connectivity index (χ4v) is 0. The molecule has 37 valence electrons. The monoisotopic (exact) mass is 165 g/mol. The van der Waals surface area contributed by atoms with Gasteiger partial charge in [-0.05, 0) is 0 Å². The van der Waals surface area contributed by atoms with Crippen molar-refractivity contribution in [3.63, 3.8) is 0 Å². The molecule has 0 saturated heterocycles. The molecule has 0 aliphatic carbocycles. The van der Waals surface area contributed by atoms with Gasteiger partial charge in [-0.25, -0.2) is 4.79 Å². The summed E-state index contributed by atoms with van der Waals surface area (Å²) >= 11 is 0. The standard InChI is InChI=1S/CH2O3.Cu.K.H/c2-1(3)4;;;/h(H2,2,3,4);;;/q;;+1;-1. The van der Waals surface area contributed by atoms with Gasteiger partial charge >= 0.3 is 57.5 Å². The van der Waals surface area contributed by atoms with Crippen LogP contribution in [0.1, 0.15) is 1.43 Å². The van der Waals surface area contributed by atoms with Gasteiger partial charge < -0.3 is 11.6 Å². The van der Waals surface area contributed by atoms with E-state index in [0.29, 0.717) is 0 Å². The van der Waals surface area contributed by atoms with Gasteiger partial charge in [-0.15, -0.1) is 0 Å². The fourth-order valence-electron chi connectivity index (χ4n) is 0. The quantitative estimate of drug-likeness (QED) is 0.386. The summed E-state index contributed by atoms with van der Waals surface area (Å²) in [7, 11) is 0. The van der Waals surface area contributed by atoms with Crippen LogP contribution in [0.3, 0.4) is 0 Å².